The number of phenolic OH excluding ortho intramolecular Hbond substituents is 4. The van der Waals surface area contributed by atoms with E-state index in [2.05, 4.69) is 0 Å². The predicted octanol–water partition coefficient (Wildman–Crippen LogP) is -1.22. The molecule has 3 saturated heterocycles. The number of fused-ring (bicyclic) bond motifs is 1. The van der Waals surface area contributed by atoms with Crippen molar-refractivity contribution in [2.24, 2.45) is 0 Å². The summed E-state index contributed by atoms with van der Waals surface area (Å²) in [5.41, 5.74) is -1.25. The zero-order chi connectivity index (χ0) is 46.3. The normalized spacial score (nSPS) is 33.2. The molecule has 3 aliphatic rings. The lowest BCUT2D eigenvalue weighted by Crippen LogP contribution is -2.62. The third-order valence-electron chi connectivity index (χ3n) is 10.9. The van der Waals surface area contributed by atoms with Gasteiger partial charge in [-0.1, -0.05) is 12.1 Å². The van der Waals surface area contributed by atoms with Gasteiger partial charge in [-0.2, -0.15) is 0 Å². The van der Waals surface area contributed by atoms with E-state index in [0.29, 0.717) is 5.56 Å². The fourth-order valence-electron chi connectivity index (χ4n) is 7.20. The molecular weight excluding hydrogens is 856 g/mol. The Morgan fingerprint density at radius 3 is 1.95 bits per heavy atom. The number of carbonyl (C=O) groups is 1. The van der Waals surface area contributed by atoms with Crippen molar-refractivity contribution >= 4 is 23.0 Å². The van der Waals surface area contributed by atoms with Crippen molar-refractivity contribution in [3.05, 3.63) is 76.5 Å². The zero-order valence-corrected chi connectivity index (χ0v) is 33.7. The Morgan fingerprint density at radius 1 is 0.656 bits per heavy atom. The van der Waals surface area contributed by atoms with Crippen molar-refractivity contribution in [2.45, 2.75) is 106 Å². The monoisotopic (exact) mass is 902 g/mol. The first kappa shape index (κ1) is 46.4. The lowest BCUT2D eigenvalue weighted by molar-refractivity contribution is -0.319. The summed E-state index contributed by atoms with van der Waals surface area (Å²) >= 11 is 0. The molecule has 0 amide bonds. The molecule has 22 heteroatoms. The highest BCUT2D eigenvalue weighted by Gasteiger charge is 2.50. The Hall–Kier alpha value is -5.60. The molecule has 3 fully saturated rings. The number of carbonyl (C=O) groups excluding carboxylic acids is 1. The topological polar surface area (TPSA) is 355 Å². The second kappa shape index (κ2) is 18.9. The first-order chi connectivity index (χ1) is 30.3. The van der Waals surface area contributed by atoms with Crippen LogP contribution < -0.4 is 14.9 Å². The molecule has 0 aliphatic carbocycles. The van der Waals surface area contributed by atoms with Crippen LogP contribution in [0, 0.1) is 0 Å². The lowest BCUT2D eigenvalue weighted by atomic mass is 9.98. The summed E-state index contributed by atoms with van der Waals surface area (Å²) in [4.78, 5) is 27.6. The second-order valence-corrected chi connectivity index (χ2v) is 15.4. The molecule has 1 aromatic heterocycles. The van der Waals surface area contributed by atoms with Gasteiger partial charge >= 0.3 is 5.97 Å². The summed E-state index contributed by atoms with van der Waals surface area (Å²) in [5.74, 6) is -4.81. The molecule has 346 valence electrons. The quantitative estimate of drug-likeness (QED) is 0.0620. The summed E-state index contributed by atoms with van der Waals surface area (Å²) in [6.07, 6.45) is -22.5. The van der Waals surface area contributed by atoms with Gasteiger partial charge in [-0.15, -0.1) is 0 Å². The van der Waals surface area contributed by atoms with Crippen molar-refractivity contribution in [1.82, 2.24) is 0 Å². The Balaban J connectivity index is 1.25. The first-order valence-electron chi connectivity index (χ1n) is 19.7. The van der Waals surface area contributed by atoms with E-state index in [1.54, 1.807) is 0 Å². The fourth-order valence-corrected chi connectivity index (χ4v) is 7.20. The second-order valence-electron chi connectivity index (χ2n) is 15.4. The predicted molar refractivity (Wildman–Crippen MR) is 213 cm³/mol. The van der Waals surface area contributed by atoms with E-state index in [1.165, 1.54) is 50.3 Å². The molecule has 64 heavy (non-hydrogen) atoms. The van der Waals surface area contributed by atoms with Gasteiger partial charge < -0.3 is 98.9 Å². The minimum Gasteiger partial charge on any atom is -0.508 e. The summed E-state index contributed by atoms with van der Waals surface area (Å²) in [7, 11) is 0. The number of benzene rings is 3. The van der Waals surface area contributed by atoms with Gasteiger partial charge in [0, 0.05) is 23.8 Å². The van der Waals surface area contributed by atoms with Crippen molar-refractivity contribution in [2.75, 3.05) is 6.61 Å². The van der Waals surface area contributed by atoms with Gasteiger partial charge in [0.15, 0.2) is 29.7 Å². The van der Waals surface area contributed by atoms with E-state index in [4.69, 9.17) is 37.6 Å². The van der Waals surface area contributed by atoms with Crippen LogP contribution in [0.15, 0.2) is 69.9 Å². The van der Waals surface area contributed by atoms with Gasteiger partial charge in [-0.3, -0.25) is 4.79 Å². The molecular formula is C42H46O22. The van der Waals surface area contributed by atoms with Crippen LogP contribution in [0.2, 0.25) is 0 Å². The van der Waals surface area contributed by atoms with Gasteiger partial charge in [-0.05, 0) is 55.8 Å². The van der Waals surface area contributed by atoms with Gasteiger partial charge in [-0.25, -0.2) is 4.79 Å². The molecule has 12 N–H and O–H groups in total. The van der Waals surface area contributed by atoms with Crippen LogP contribution in [-0.2, 0) is 28.5 Å². The Kier molecular flexibility index (Phi) is 13.7. The average molecular weight is 903 g/mol. The molecule has 0 saturated carbocycles. The van der Waals surface area contributed by atoms with Gasteiger partial charge in [0.05, 0.1) is 18.8 Å². The molecule has 0 radical (unpaired) electrons. The Bertz CT molecular complexity index is 2390. The SMILES string of the molecule is C[C@@H]1O[C@@H](OC[C@H]2O[C@@H](Oc3c(-c4ccc(O[C@@H]5O[C@@H](C)[C@H](O)[C@@H](O)[C@H]5O)c(O)c4)oc4cc(O)cc(O)c4c3=O)[C@H](OC(=O)/C=C/c3ccc(O)cc3)[C@@H](O)[C@@H]2O)[C@H](O)[C@H](O)[C@H]1O. The molecule has 22 nitrogen and oxygen atoms in total. The standard InChI is InChI=1S/C42H46O22/c1-15-28(48)32(52)35(55)40(58-15)57-14-25-30(50)34(54)39(63-26(47)10-5-17-3-7-19(43)8-4-17)42(62-25)64-38-31(51)27-22(46)12-20(44)13-24(27)60-37(38)18-6-9-23(21(45)11-18)61-41-36(56)33(53)29(49)16(2)59-41/h3-13,15-16,25,28-30,32-36,39-46,48-50,52-56H,14H2,1-2H3/b10-5+/t15-,16-,25+,28-,29-,30+,32+,33+,34-,35+,36+,39+,40+,41-,42-/m0/s1. The zero-order valence-electron chi connectivity index (χ0n) is 33.7. The van der Waals surface area contributed by atoms with E-state index in [-0.39, 0.29) is 17.1 Å². The van der Waals surface area contributed by atoms with Crippen LogP contribution in [0.5, 0.6) is 34.5 Å². The number of hydrogen-bond acceptors (Lipinski definition) is 22. The summed E-state index contributed by atoms with van der Waals surface area (Å²) in [6.45, 7) is 2.08. The van der Waals surface area contributed by atoms with Crippen molar-refractivity contribution < 1.29 is 104 Å². The van der Waals surface area contributed by atoms with E-state index >= 15 is 0 Å². The van der Waals surface area contributed by atoms with Crippen LogP contribution in [0.4, 0.5) is 0 Å². The molecule has 4 heterocycles. The van der Waals surface area contributed by atoms with E-state index in [0.717, 1.165) is 30.3 Å². The highest BCUT2D eigenvalue weighted by atomic mass is 16.7. The number of esters is 1. The molecule has 3 aliphatic heterocycles. The number of phenols is 4. The minimum absolute atomic E-state index is 0.0458. The van der Waals surface area contributed by atoms with E-state index < -0.39 is 150 Å². The number of hydrogen-bond donors (Lipinski definition) is 12. The molecule has 3 aromatic carbocycles. The van der Waals surface area contributed by atoms with Crippen LogP contribution in [0.3, 0.4) is 0 Å². The molecule has 4 aromatic rings. The highest BCUT2D eigenvalue weighted by molar-refractivity contribution is 5.89. The third kappa shape index (κ3) is 9.44. The summed E-state index contributed by atoms with van der Waals surface area (Å²) in [6, 6.07) is 10.8. The largest absolute Gasteiger partial charge is 0.508 e. The number of ether oxygens (including phenoxy) is 7. The van der Waals surface area contributed by atoms with Crippen molar-refractivity contribution in [3.8, 4) is 45.8 Å². The number of rotatable bonds is 11. The summed E-state index contributed by atoms with van der Waals surface area (Å²) < 4.78 is 45.6. The lowest BCUT2D eigenvalue weighted by Gasteiger charge is -2.43. The third-order valence-corrected chi connectivity index (χ3v) is 10.9. The van der Waals surface area contributed by atoms with Crippen LogP contribution in [0.1, 0.15) is 19.4 Å². The molecule has 15 atom stereocenters. The van der Waals surface area contributed by atoms with Gasteiger partial charge in [0.1, 0.15) is 83.2 Å². The smallest absolute Gasteiger partial charge is 0.331 e. The van der Waals surface area contributed by atoms with Crippen LogP contribution in [-0.4, -0.2) is 166 Å². The molecule has 0 unspecified atom stereocenters. The van der Waals surface area contributed by atoms with Crippen LogP contribution in [0.25, 0.3) is 28.4 Å². The maximum atomic E-state index is 14.3. The van der Waals surface area contributed by atoms with Crippen molar-refractivity contribution in [3.63, 3.8) is 0 Å². The fraction of sp³-hybridized carbons (Fsp3) is 0.429. The van der Waals surface area contributed by atoms with Gasteiger partial charge in [0.2, 0.25) is 23.8 Å². The van der Waals surface area contributed by atoms with Gasteiger partial charge in [0.25, 0.3) is 0 Å². The highest BCUT2D eigenvalue weighted by Crippen LogP contribution is 2.41. The number of aliphatic hydroxyl groups excluding tert-OH is 8. The Labute approximate surface area is 361 Å². The first-order valence-corrected chi connectivity index (χ1v) is 19.7. The Morgan fingerprint density at radius 2 is 1.30 bits per heavy atom. The summed E-state index contributed by atoms with van der Waals surface area (Å²) in [5, 5.41) is 126. The minimum atomic E-state index is -2.08. The maximum absolute atomic E-state index is 14.3. The average Bonchev–Trinajstić information content (AvgIpc) is 3.25. The molecule has 7 rings (SSSR count). The van der Waals surface area contributed by atoms with E-state index in [9.17, 15) is 70.9 Å². The molecule has 0 bridgehead atoms. The van der Waals surface area contributed by atoms with E-state index in [1.807, 2.05) is 0 Å². The molecule has 0 spiro atoms. The number of aliphatic hydroxyl groups is 8. The van der Waals surface area contributed by atoms with Crippen molar-refractivity contribution in [1.29, 1.82) is 0 Å². The maximum Gasteiger partial charge on any atom is 0.331 e. The number of aromatic hydroxyl groups is 4. The van der Waals surface area contributed by atoms with Crippen LogP contribution >= 0.6 is 0 Å².